The average Bonchev–Trinajstić information content (AvgIpc) is 2.54. The Kier molecular flexibility index (Phi) is 4.42. The van der Waals surface area contributed by atoms with E-state index in [9.17, 15) is 0 Å². The second kappa shape index (κ2) is 6.37. The molecule has 2 aromatic carbocycles. The maximum absolute atomic E-state index is 4.95. The van der Waals surface area contributed by atoms with Crippen molar-refractivity contribution in [2.45, 2.75) is 33.5 Å². The lowest BCUT2D eigenvalue weighted by atomic mass is 9.96. The minimum absolute atomic E-state index is 1.07. The molecule has 122 valence electrons. The van der Waals surface area contributed by atoms with Gasteiger partial charge in [0.05, 0.1) is 5.69 Å². The lowest BCUT2D eigenvalue weighted by Gasteiger charge is -2.16. The largest absolute Gasteiger partial charge is 0.258 e. The summed E-state index contributed by atoms with van der Waals surface area (Å²) in [5.74, 6) is 0. The highest BCUT2D eigenvalue weighted by Crippen LogP contribution is 2.28. The predicted molar refractivity (Wildman–Crippen MR) is 108 cm³/mol. The third-order valence-electron chi connectivity index (χ3n) is 4.37. The minimum Gasteiger partial charge on any atom is -0.258 e. The number of aromatic nitrogens is 1. The van der Waals surface area contributed by atoms with Gasteiger partial charge in [0, 0.05) is 10.9 Å². The second-order valence-corrected chi connectivity index (χ2v) is 12.6. The molecule has 0 fully saturated rings. The molecule has 0 aliphatic carbocycles. The summed E-state index contributed by atoms with van der Waals surface area (Å²) in [7, 11) is -1.40. The normalized spacial score (nSPS) is 11.5. The summed E-state index contributed by atoms with van der Waals surface area (Å²) < 4.78 is 0. The number of benzene rings is 2. The topological polar surface area (TPSA) is 12.9 Å². The van der Waals surface area contributed by atoms with Gasteiger partial charge < -0.3 is 0 Å². The van der Waals surface area contributed by atoms with Crippen molar-refractivity contribution < 1.29 is 0 Å². The first-order chi connectivity index (χ1) is 11.3. The first-order valence-electron chi connectivity index (χ1n) is 8.50. The Hall–Kier alpha value is -2.19. The molecule has 2 heteroatoms. The van der Waals surface area contributed by atoms with E-state index in [4.69, 9.17) is 4.98 Å². The summed E-state index contributed by atoms with van der Waals surface area (Å²) in [6.45, 7) is 11.3. The lowest BCUT2D eigenvalue weighted by Crippen LogP contribution is -2.39. The molecule has 0 aliphatic heterocycles. The van der Waals surface area contributed by atoms with Crippen LogP contribution in [0.25, 0.3) is 22.4 Å². The average molecular weight is 332 g/mol. The molecule has 0 saturated heterocycles. The Morgan fingerprint density at radius 2 is 1.46 bits per heavy atom. The maximum atomic E-state index is 4.95. The van der Waals surface area contributed by atoms with E-state index in [2.05, 4.69) is 94.2 Å². The first-order valence-corrected chi connectivity index (χ1v) is 12.0. The van der Waals surface area contributed by atoms with Crippen LogP contribution in [0.15, 0.2) is 60.7 Å². The summed E-state index contributed by atoms with van der Waals surface area (Å²) in [5, 5.41) is 1.26. The Morgan fingerprint density at radius 1 is 0.750 bits per heavy atom. The fraction of sp³-hybridized carbons (Fsp3) is 0.227. The first kappa shape index (κ1) is 16.7. The Balaban J connectivity index is 2.05. The quantitative estimate of drug-likeness (QED) is 0.571. The maximum Gasteiger partial charge on any atom is 0.101 e. The van der Waals surface area contributed by atoms with Crippen LogP contribution in [0.1, 0.15) is 11.1 Å². The molecule has 3 rings (SSSR count). The van der Waals surface area contributed by atoms with Crippen LogP contribution in [0.3, 0.4) is 0 Å². The van der Waals surface area contributed by atoms with Gasteiger partial charge in [-0.05, 0) is 48.7 Å². The van der Waals surface area contributed by atoms with Crippen LogP contribution < -0.4 is 5.32 Å². The van der Waals surface area contributed by atoms with E-state index in [1.807, 2.05) is 0 Å². The fourth-order valence-electron chi connectivity index (χ4n) is 3.00. The fourth-order valence-corrected chi connectivity index (χ4v) is 4.05. The number of nitrogens with zero attached hydrogens (tertiary/aromatic N) is 1. The summed E-state index contributed by atoms with van der Waals surface area (Å²) >= 11 is 0. The Morgan fingerprint density at radius 3 is 2.17 bits per heavy atom. The van der Waals surface area contributed by atoms with E-state index in [-0.39, 0.29) is 0 Å². The van der Waals surface area contributed by atoms with Crippen molar-refractivity contribution in [2.24, 2.45) is 0 Å². The number of pyridine rings is 1. The molecule has 0 saturated carbocycles. The number of rotatable bonds is 3. The van der Waals surface area contributed by atoms with Gasteiger partial charge in [0.2, 0.25) is 0 Å². The van der Waals surface area contributed by atoms with Gasteiger partial charge in [-0.25, -0.2) is 0 Å². The molecule has 0 atom stereocenters. The molecule has 0 unspecified atom stereocenters. The molecule has 1 aromatic heterocycles. The van der Waals surface area contributed by atoms with Crippen LogP contribution in [0.2, 0.25) is 19.6 Å². The molecule has 3 aromatic rings. The smallest absolute Gasteiger partial charge is 0.101 e. The van der Waals surface area contributed by atoms with Crippen LogP contribution in [-0.2, 0) is 0 Å². The van der Waals surface area contributed by atoms with Crippen molar-refractivity contribution in [2.75, 3.05) is 0 Å². The van der Waals surface area contributed by atoms with Gasteiger partial charge in [0.1, 0.15) is 8.07 Å². The van der Waals surface area contributed by atoms with Gasteiger partial charge in [-0.3, -0.25) is 4.98 Å². The van der Waals surface area contributed by atoms with E-state index < -0.39 is 8.07 Å². The monoisotopic (exact) mass is 331 g/mol. The van der Waals surface area contributed by atoms with Crippen molar-refractivity contribution in [1.82, 2.24) is 4.98 Å². The van der Waals surface area contributed by atoms with Gasteiger partial charge in [-0.2, -0.15) is 0 Å². The van der Waals surface area contributed by atoms with E-state index in [0.29, 0.717) is 0 Å². The van der Waals surface area contributed by atoms with Gasteiger partial charge in [-0.1, -0.05) is 67.7 Å². The SMILES string of the molecule is Cc1ccc(-c2cccc(-c3cccc([Si](C)(C)C)n3)c2)c(C)c1. The summed E-state index contributed by atoms with van der Waals surface area (Å²) in [6, 6.07) is 21.8. The number of hydrogen-bond acceptors (Lipinski definition) is 1. The Labute approximate surface area is 146 Å². The van der Waals surface area contributed by atoms with Crippen LogP contribution in [-0.4, -0.2) is 13.1 Å². The van der Waals surface area contributed by atoms with Gasteiger partial charge in [0.15, 0.2) is 0 Å². The molecule has 0 aliphatic rings. The molecule has 1 nitrogen and oxygen atoms in total. The van der Waals surface area contributed by atoms with Gasteiger partial charge >= 0.3 is 0 Å². The predicted octanol–water partition coefficient (Wildman–Crippen LogP) is 5.58. The van der Waals surface area contributed by atoms with E-state index >= 15 is 0 Å². The van der Waals surface area contributed by atoms with Gasteiger partial charge in [0.25, 0.3) is 0 Å². The zero-order valence-electron chi connectivity index (χ0n) is 15.2. The van der Waals surface area contributed by atoms with Crippen LogP contribution in [0.4, 0.5) is 0 Å². The molecule has 0 amide bonds. The van der Waals surface area contributed by atoms with Crippen LogP contribution in [0.5, 0.6) is 0 Å². The zero-order chi connectivity index (χ0) is 17.3. The van der Waals surface area contributed by atoms with Crippen molar-refractivity contribution in [1.29, 1.82) is 0 Å². The van der Waals surface area contributed by atoms with Crippen molar-refractivity contribution in [3.8, 4) is 22.4 Å². The van der Waals surface area contributed by atoms with Crippen molar-refractivity contribution in [3.63, 3.8) is 0 Å². The van der Waals surface area contributed by atoms with E-state index in [0.717, 1.165) is 5.69 Å². The lowest BCUT2D eigenvalue weighted by molar-refractivity contribution is 1.35. The van der Waals surface area contributed by atoms with Crippen molar-refractivity contribution >= 4 is 13.4 Å². The summed E-state index contributed by atoms with van der Waals surface area (Å²) in [6.07, 6.45) is 0. The van der Waals surface area contributed by atoms with Crippen LogP contribution in [0, 0.1) is 13.8 Å². The summed E-state index contributed by atoms with van der Waals surface area (Å²) in [5.41, 5.74) is 7.43. The zero-order valence-corrected chi connectivity index (χ0v) is 16.2. The summed E-state index contributed by atoms with van der Waals surface area (Å²) in [4.78, 5) is 4.95. The number of hydrogen-bond donors (Lipinski definition) is 0. The molecular formula is C22H25NSi. The highest BCUT2D eigenvalue weighted by molar-refractivity contribution is 6.88. The highest BCUT2D eigenvalue weighted by atomic mass is 28.3. The Bertz CT molecular complexity index is 875. The minimum atomic E-state index is -1.40. The number of aryl methyl sites for hydroxylation is 2. The van der Waals surface area contributed by atoms with Crippen LogP contribution >= 0.6 is 0 Å². The molecular weight excluding hydrogens is 306 g/mol. The van der Waals surface area contributed by atoms with Crippen molar-refractivity contribution in [3.05, 3.63) is 71.8 Å². The van der Waals surface area contributed by atoms with Gasteiger partial charge in [-0.15, -0.1) is 0 Å². The standard InChI is InChI=1S/C22H25NSi/c1-16-12-13-20(17(2)14-16)18-8-6-9-19(15-18)21-10-7-11-22(23-21)24(3,4)5/h6-15H,1-5H3. The third-order valence-corrected chi connectivity index (χ3v) is 6.18. The van der Waals surface area contributed by atoms with E-state index in [1.54, 1.807) is 0 Å². The molecule has 0 spiro atoms. The second-order valence-electron chi connectivity index (χ2n) is 7.56. The van der Waals surface area contributed by atoms with E-state index in [1.165, 1.54) is 33.1 Å². The molecule has 0 N–H and O–H groups in total. The third kappa shape index (κ3) is 3.49. The molecule has 0 bridgehead atoms. The molecule has 24 heavy (non-hydrogen) atoms. The molecule has 0 radical (unpaired) electrons. The highest BCUT2D eigenvalue weighted by Gasteiger charge is 2.18. The molecule has 1 heterocycles.